The SMILES string of the molecule is CNCc1ccc(Cl)c(S(=O)(=O)NCC2CCSCC2)c1. The van der Waals surface area contributed by atoms with Crippen molar-refractivity contribution in [2.75, 3.05) is 25.1 Å². The van der Waals surface area contributed by atoms with Crippen molar-refractivity contribution < 1.29 is 8.42 Å². The minimum absolute atomic E-state index is 0.169. The van der Waals surface area contributed by atoms with Gasteiger partial charge in [-0.25, -0.2) is 13.1 Å². The van der Waals surface area contributed by atoms with Crippen LogP contribution >= 0.6 is 23.4 Å². The summed E-state index contributed by atoms with van der Waals surface area (Å²) < 4.78 is 27.6. The quantitative estimate of drug-likeness (QED) is 0.829. The van der Waals surface area contributed by atoms with Crippen molar-refractivity contribution in [3.05, 3.63) is 28.8 Å². The topological polar surface area (TPSA) is 58.2 Å². The number of hydrogen-bond acceptors (Lipinski definition) is 4. The van der Waals surface area contributed by atoms with E-state index in [-0.39, 0.29) is 9.92 Å². The van der Waals surface area contributed by atoms with Crippen molar-refractivity contribution in [3.8, 4) is 0 Å². The number of nitrogens with one attached hydrogen (secondary N) is 2. The van der Waals surface area contributed by atoms with Gasteiger partial charge >= 0.3 is 0 Å². The van der Waals surface area contributed by atoms with E-state index in [1.54, 1.807) is 12.1 Å². The van der Waals surface area contributed by atoms with Crippen LogP contribution in [0.1, 0.15) is 18.4 Å². The number of sulfonamides is 1. The van der Waals surface area contributed by atoms with Crippen molar-refractivity contribution in [3.63, 3.8) is 0 Å². The molecule has 0 amide bonds. The molecule has 0 unspecified atom stereocenters. The van der Waals surface area contributed by atoms with Gasteiger partial charge in [-0.1, -0.05) is 17.7 Å². The molecule has 0 atom stereocenters. The number of rotatable bonds is 6. The Bertz CT molecular complexity index is 572. The van der Waals surface area contributed by atoms with Crippen molar-refractivity contribution >= 4 is 33.4 Å². The first-order chi connectivity index (χ1) is 10.0. The van der Waals surface area contributed by atoms with Crippen molar-refractivity contribution in [1.29, 1.82) is 0 Å². The molecule has 118 valence electrons. The van der Waals surface area contributed by atoms with Crippen molar-refractivity contribution in [2.24, 2.45) is 5.92 Å². The fourth-order valence-electron chi connectivity index (χ4n) is 2.32. The van der Waals surface area contributed by atoms with Gasteiger partial charge < -0.3 is 5.32 Å². The first-order valence-electron chi connectivity index (χ1n) is 7.03. The van der Waals surface area contributed by atoms with Gasteiger partial charge in [0, 0.05) is 13.1 Å². The monoisotopic (exact) mass is 348 g/mol. The van der Waals surface area contributed by atoms with Crippen LogP contribution in [0.15, 0.2) is 23.1 Å². The lowest BCUT2D eigenvalue weighted by atomic mass is 10.0. The molecule has 0 bridgehead atoms. The highest BCUT2D eigenvalue weighted by Gasteiger charge is 2.21. The van der Waals surface area contributed by atoms with Crippen LogP contribution in [0.2, 0.25) is 5.02 Å². The summed E-state index contributed by atoms with van der Waals surface area (Å²) in [5.41, 5.74) is 0.899. The highest BCUT2D eigenvalue weighted by Crippen LogP contribution is 2.25. The molecular formula is C14H21ClN2O2S2. The van der Waals surface area contributed by atoms with Crippen LogP contribution in [-0.2, 0) is 16.6 Å². The van der Waals surface area contributed by atoms with E-state index in [0.717, 1.165) is 29.9 Å². The molecule has 1 aliphatic heterocycles. The Hall–Kier alpha value is -0.270. The Morgan fingerprint density at radius 2 is 2.05 bits per heavy atom. The zero-order valence-corrected chi connectivity index (χ0v) is 14.5. The van der Waals surface area contributed by atoms with Gasteiger partial charge in [0.1, 0.15) is 4.90 Å². The summed E-state index contributed by atoms with van der Waals surface area (Å²) in [6.45, 7) is 1.11. The summed E-state index contributed by atoms with van der Waals surface area (Å²) in [5, 5.41) is 3.27. The van der Waals surface area contributed by atoms with E-state index in [9.17, 15) is 8.42 Å². The molecule has 1 fully saturated rings. The smallest absolute Gasteiger partial charge is 0.242 e. The molecule has 1 saturated heterocycles. The summed E-state index contributed by atoms with van der Waals surface area (Å²) in [5.74, 6) is 2.66. The number of hydrogen-bond donors (Lipinski definition) is 2. The minimum atomic E-state index is -3.55. The van der Waals surface area contributed by atoms with E-state index in [1.807, 2.05) is 24.9 Å². The highest BCUT2D eigenvalue weighted by molar-refractivity contribution is 7.99. The van der Waals surface area contributed by atoms with Gasteiger partial charge in [-0.05, 0) is 55.0 Å². The van der Waals surface area contributed by atoms with Gasteiger partial charge in [-0.3, -0.25) is 0 Å². The van der Waals surface area contributed by atoms with Gasteiger partial charge in [-0.2, -0.15) is 11.8 Å². The Balaban J connectivity index is 2.08. The van der Waals surface area contributed by atoms with E-state index in [4.69, 9.17) is 11.6 Å². The molecule has 1 aliphatic rings. The third-order valence-electron chi connectivity index (χ3n) is 3.57. The molecule has 1 aromatic rings. The Kier molecular flexibility index (Phi) is 6.37. The summed E-state index contributed by atoms with van der Waals surface area (Å²) in [4.78, 5) is 0.169. The van der Waals surface area contributed by atoms with Crippen LogP contribution in [0.5, 0.6) is 0 Å². The average Bonchev–Trinajstić information content (AvgIpc) is 2.48. The maximum absolute atomic E-state index is 12.4. The predicted molar refractivity (Wildman–Crippen MR) is 89.5 cm³/mol. The van der Waals surface area contributed by atoms with E-state index >= 15 is 0 Å². The van der Waals surface area contributed by atoms with E-state index in [2.05, 4.69) is 10.0 Å². The fourth-order valence-corrected chi connectivity index (χ4v) is 5.19. The third-order valence-corrected chi connectivity index (χ3v) is 6.52. The maximum atomic E-state index is 12.4. The molecule has 4 nitrogen and oxygen atoms in total. The lowest BCUT2D eigenvalue weighted by molar-refractivity contribution is 0.476. The first kappa shape index (κ1) is 17.1. The molecule has 7 heteroatoms. The van der Waals surface area contributed by atoms with Crippen LogP contribution in [0, 0.1) is 5.92 Å². The molecule has 1 aromatic carbocycles. The van der Waals surface area contributed by atoms with Gasteiger partial charge in [0.25, 0.3) is 0 Å². The van der Waals surface area contributed by atoms with E-state index < -0.39 is 10.0 Å². The summed E-state index contributed by atoms with van der Waals surface area (Å²) >= 11 is 7.99. The summed E-state index contributed by atoms with van der Waals surface area (Å²) in [6, 6.07) is 5.11. The second-order valence-corrected chi connectivity index (χ2v) is 8.57. The molecule has 21 heavy (non-hydrogen) atoms. The molecule has 0 aromatic heterocycles. The zero-order valence-electron chi connectivity index (χ0n) is 12.1. The Morgan fingerprint density at radius 1 is 1.33 bits per heavy atom. The average molecular weight is 349 g/mol. The number of thioether (sulfide) groups is 1. The highest BCUT2D eigenvalue weighted by atomic mass is 35.5. The lowest BCUT2D eigenvalue weighted by Gasteiger charge is -2.21. The number of halogens is 1. The molecule has 1 heterocycles. The molecular weight excluding hydrogens is 328 g/mol. The molecule has 0 spiro atoms. The van der Waals surface area contributed by atoms with Gasteiger partial charge in [-0.15, -0.1) is 0 Å². The largest absolute Gasteiger partial charge is 0.316 e. The van der Waals surface area contributed by atoms with Crippen LogP contribution in [-0.4, -0.2) is 33.5 Å². The molecule has 0 aliphatic carbocycles. The fraction of sp³-hybridized carbons (Fsp3) is 0.571. The molecule has 0 radical (unpaired) electrons. The van der Waals surface area contributed by atoms with Crippen LogP contribution < -0.4 is 10.0 Å². The molecule has 0 saturated carbocycles. The minimum Gasteiger partial charge on any atom is -0.316 e. The van der Waals surface area contributed by atoms with Gasteiger partial charge in [0.15, 0.2) is 0 Å². The zero-order chi connectivity index (χ0) is 15.3. The first-order valence-corrected chi connectivity index (χ1v) is 10.0. The van der Waals surface area contributed by atoms with Crippen LogP contribution in [0.3, 0.4) is 0 Å². The van der Waals surface area contributed by atoms with Gasteiger partial charge in [0.05, 0.1) is 5.02 Å². The summed E-state index contributed by atoms with van der Waals surface area (Å²) in [7, 11) is -1.73. The number of benzene rings is 1. The van der Waals surface area contributed by atoms with Crippen LogP contribution in [0.4, 0.5) is 0 Å². The maximum Gasteiger partial charge on any atom is 0.242 e. The molecule has 2 N–H and O–H groups in total. The van der Waals surface area contributed by atoms with Crippen molar-refractivity contribution in [2.45, 2.75) is 24.3 Å². The standard InChI is InChI=1S/C14H21ClN2O2S2/c1-16-9-12-2-3-13(15)14(8-12)21(18,19)17-10-11-4-6-20-7-5-11/h2-3,8,11,16-17H,4-7,9-10H2,1H3. The third kappa shape index (κ3) is 4.86. The Morgan fingerprint density at radius 3 is 2.71 bits per heavy atom. The van der Waals surface area contributed by atoms with Crippen LogP contribution in [0.25, 0.3) is 0 Å². The summed E-state index contributed by atoms with van der Waals surface area (Å²) in [6.07, 6.45) is 2.14. The van der Waals surface area contributed by atoms with E-state index in [1.165, 1.54) is 0 Å². The lowest BCUT2D eigenvalue weighted by Crippen LogP contribution is -2.31. The normalized spacial score (nSPS) is 17.0. The Labute approximate surface area is 136 Å². The van der Waals surface area contributed by atoms with Crippen molar-refractivity contribution in [1.82, 2.24) is 10.0 Å². The second kappa shape index (κ2) is 7.83. The predicted octanol–water partition coefficient (Wildman–Crippen LogP) is 2.48. The van der Waals surface area contributed by atoms with E-state index in [0.29, 0.717) is 19.0 Å². The molecule has 2 rings (SSSR count). The second-order valence-electron chi connectivity index (χ2n) is 5.20. The van der Waals surface area contributed by atoms with Gasteiger partial charge in [0.2, 0.25) is 10.0 Å².